The summed E-state index contributed by atoms with van der Waals surface area (Å²) in [7, 11) is 0. The average Bonchev–Trinajstić information content (AvgIpc) is 2.38. The first-order chi connectivity index (χ1) is 8.60. The molecule has 1 aliphatic rings. The molecule has 0 spiro atoms. The highest BCUT2D eigenvalue weighted by atomic mass is 19.1. The first-order valence-corrected chi connectivity index (χ1v) is 6.85. The Labute approximate surface area is 109 Å². The lowest BCUT2D eigenvalue weighted by Crippen LogP contribution is -2.49. The van der Waals surface area contributed by atoms with Crippen molar-refractivity contribution in [2.75, 3.05) is 13.1 Å². The van der Waals surface area contributed by atoms with Gasteiger partial charge in [0.15, 0.2) is 0 Å². The van der Waals surface area contributed by atoms with Crippen LogP contribution in [0.25, 0.3) is 0 Å². The predicted octanol–water partition coefficient (Wildman–Crippen LogP) is 2.74. The van der Waals surface area contributed by atoms with Crippen molar-refractivity contribution in [1.82, 2.24) is 4.90 Å². The zero-order valence-corrected chi connectivity index (χ0v) is 11.3. The van der Waals surface area contributed by atoms with Gasteiger partial charge in [0.25, 0.3) is 0 Å². The van der Waals surface area contributed by atoms with Crippen LogP contribution in [0.1, 0.15) is 38.2 Å². The quantitative estimate of drug-likeness (QED) is 0.893. The van der Waals surface area contributed by atoms with E-state index in [9.17, 15) is 4.39 Å². The standard InChI is InChI=1S/C15H23FN2/c1-3-11(2)18-9-13(8-15(17)10-18)12-4-6-14(16)7-5-12/h4-7,11,13,15H,3,8-10,17H2,1-2H3. The van der Waals surface area contributed by atoms with E-state index in [0.717, 1.165) is 25.9 Å². The van der Waals surface area contributed by atoms with E-state index in [1.165, 1.54) is 5.56 Å². The lowest BCUT2D eigenvalue weighted by atomic mass is 9.87. The molecule has 1 aromatic rings. The lowest BCUT2D eigenvalue weighted by Gasteiger charge is -2.39. The summed E-state index contributed by atoms with van der Waals surface area (Å²) in [6.07, 6.45) is 2.14. The maximum Gasteiger partial charge on any atom is 0.123 e. The summed E-state index contributed by atoms with van der Waals surface area (Å²) in [6.45, 7) is 6.47. The van der Waals surface area contributed by atoms with E-state index in [1.807, 2.05) is 12.1 Å². The van der Waals surface area contributed by atoms with E-state index in [1.54, 1.807) is 12.1 Å². The topological polar surface area (TPSA) is 29.3 Å². The third-order valence-electron chi connectivity index (χ3n) is 4.07. The molecule has 2 nitrogen and oxygen atoms in total. The lowest BCUT2D eigenvalue weighted by molar-refractivity contribution is 0.140. The number of rotatable bonds is 3. The van der Waals surface area contributed by atoms with Crippen molar-refractivity contribution >= 4 is 0 Å². The van der Waals surface area contributed by atoms with Crippen molar-refractivity contribution in [3.8, 4) is 0 Å². The van der Waals surface area contributed by atoms with Gasteiger partial charge in [-0.15, -0.1) is 0 Å². The fourth-order valence-electron chi connectivity index (χ4n) is 2.77. The van der Waals surface area contributed by atoms with Crippen LogP contribution in [0.3, 0.4) is 0 Å². The Hall–Kier alpha value is -0.930. The number of piperidine rings is 1. The Bertz CT molecular complexity index is 377. The summed E-state index contributed by atoms with van der Waals surface area (Å²) in [5.41, 5.74) is 7.37. The van der Waals surface area contributed by atoms with Crippen LogP contribution < -0.4 is 5.73 Å². The fourth-order valence-corrected chi connectivity index (χ4v) is 2.77. The molecule has 18 heavy (non-hydrogen) atoms. The molecule has 0 bridgehead atoms. The fraction of sp³-hybridized carbons (Fsp3) is 0.600. The van der Waals surface area contributed by atoms with Crippen LogP contribution in [0.5, 0.6) is 0 Å². The minimum Gasteiger partial charge on any atom is -0.327 e. The highest BCUT2D eigenvalue weighted by Gasteiger charge is 2.28. The molecule has 0 amide bonds. The van der Waals surface area contributed by atoms with Gasteiger partial charge >= 0.3 is 0 Å². The molecule has 1 aromatic carbocycles. The molecule has 1 aliphatic heterocycles. The third kappa shape index (κ3) is 3.09. The number of nitrogens with two attached hydrogens (primary N) is 1. The van der Waals surface area contributed by atoms with Gasteiger partial charge in [0, 0.05) is 25.2 Å². The smallest absolute Gasteiger partial charge is 0.123 e. The highest BCUT2D eigenvalue weighted by molar-refractivity contribution is 5.22. The Morgan fingerprint density at radius 2 is 2.00 bits per heavy atom. The van der Waals surface area contributed by atoms with Gasteiger partial charge in [-0.05, 0) is 43.4 Å². The number of likely N-dealkylation sites (tertiary alicyclic amines) is 1. The third-order valence-corrected chi connectivity index (χ3v) is 4.07. The zero-order chi connectivity index (χ0) is 13.1. The summed E-state index contributed by atoms with van der Waals surface area (Å²) < 4.78 is 13.0. The van der Waals surface area contributed by atoms with E-state index in [-0.39, 0.29) is 11.9 Å². The molecule has 3 heteroatoms. The van der Waals surface area contributed by atoms with E-state index in [4.69, 9.17) is 5.73 Å². The van der Waals surface area contributed by atoms with E-state index in [0.29, 0.717) is 12.0 Å². The van der Waals surface area contributed by atoms with Crippen molar-refractivity contribution < 1.29 is 4.39 Å². The van der Waals surface area contributed by atoms with E-state index >= 15 is 0 Å². The molecule has 1 fully saturated rings. The van der Waals surface area contributed by atoms with Crippen molar-refractivity contribution in [3.05, 3.63) is 35.6 Å². The normalized spacial score (nSPS) is 27.1. The maximum atomic E-state index is 13.0. The molecule has 100 valence electrons. The van der Waals surface area contributed by atoms with Crippen molar-refractivity contribution in [2.24, 2.45) is 5.73 Å². The molecule has 0 radical (unpaired) electrons. The molecule has 0 saturated carbocycles. The summed E-state index contributed by atoms with van der Waals surface area (Å²) in [6, 6.07) is 7.67. The number of halogens is 1. The van der Waals surface area contributed by atoms with E-state index < -0.39 is 0 Å². The van der Waals surface area contributed by atoms with Crippen molar-refractivity contribution in [1.29, 1.82) is 0 Å². The molecular formula is C15H23FN2. The monoisotopic (exact) mass is 250 g/mol. The summed E-state index contributed by atoms with van der Waals surface area (Å²) >= 11 is 0. The number of hydrogen-bond donors (Lipinski definition) is 1. The van der Waals surface area contributed by atoms with Crippen LogP contribution in [0, 0.1) is 5.82 Å². The van der Waals surface area contributed by atoms with Gasteiger partial charge in [0.05, 0.1) is 0 Å². The largest absolute Gasteiger partial charge is 0.327 e. The summed E-state index contributed by atoms with van der Waals surface area (Å²) in [5.74, 6) is 0.265. The van der Waals surface area contributed by atoms with Gasteiger partial charge in [-0.25, -0.2) is 4.39 Å². The second kappa shape index (κ2) is 5.81. The molecule has 2 N–H and O–H groups in total. The Balaban J connectivity index is 2.10. The molecule has 3 unspecified atom stereocenters. The van der Waals surface area contributed by atoms with Crippen LogP contribution in [-0.2, 0) is 0 Å². The van der Waals surface area contributed by atoms with Gasteiger partial charge in [-0.3, -0.25) is 4.90 Å². The zero-order valence-electron chi connectivity index (χ0n) is 11.3. The van der Waals surface area contributed by atoms with Crippen LogP contribution in [0.2, 0.25) is 0 Å². The van der Waals surface area contributed by atoms with Crippen LogP contribution >= 0.6 is 0 Å². The van der Waals surface area contributed by atoms with Crippen molar-refractivity contribution in [2.45, 2.75) is 44.7 Å². The summed E-state index contributed by atoms with van der Waals surface area (Å²) in [4.78, 5) is 2.46. The number of hydrogen-bond acceptors (Lipinski definition) is 2. The van der Waals surface area contributed by atoms with Crippen LogP contribution in [0.15, 0.2) is 24.3 Å². The SMILES string of the molecule is CCC(C)N1CC(N)CC(c2ccc(F)cc2)C1. The van der Waals surface area contributed by atoms with Gasteiger partial charge in [0.2, 0.25) is 0 Å². The van der Waals surface area contributed by atoms with Gasteiger partial charge in [0.1, 0.15) is 5.82 Å². The second-order valence-electron chi connectivity index (χ2n) is 5.46. The van der Waals surface area contributed by atoms with Crippen molar-refractivity contribution in [3.63, 3.8) is 0 Å². The molecule has 1 heterocycles. The maximum absolute atomic E-state index is 13.0. The Morgan fingerprint density at radius 3 is 2.61 bits per heavy atom. The Kier molecular flexibility index (Phi) is 4.36. The number of benzene rings is 1. The number of nitrogens with zero attached hydrogens (tertiary/aromatic N) is 1. The van der Waals surface area contributed by atoms with Gasteiger partial charge in [-0.2, -0.15) is 0 Å². The molecule has 3 atom stereocenters. The van der Waals surface area contributed by atoms with E-state index in [2.05, 4.69) is 18.7 Å². The summed E-state index contributed by atoms with van der Waals surface area (Å²) in [5, 5.41) is 0. The predicted molar refractivity (Wildman–Crippen MR) is 73.1 cm³/mol. The first kappa shape index (κ1) is 13.5. The molecule has 2 rings (SSSR count). The second-order valence-corrected chi connectivity index (χ2v) is 5.46. The van der Waals surface area contributed by atoms with Gasteiger partial charge < -0.3 is 5.73 Å². The molecule has 1 saturated heterocycles. The Morgan fingerprint density at radius 1 is 1.33 bits per heavy atom. The van der Waals surface area contributed by atoms with Crippen LogP contribution in [-0.4, -0.2) is 30.1 Å². The minimum absolute atomic E-state index is 0.169. The highest BCUT2D eigenvalue weighted by Crippen LogP contribution is 2.28. The molecular weight excluding hydrogens is 227 g/mol. The van der Waals surface area contributed by atoms with Crippen LogP contribution in [0.4, 0.5) is 4.39 Å². The molecule has 0 aliphatic carbocycles. The average molecular weight is 250 g/mol. The first-order valence-electron chi connectivity index (χ1n) is 6.85. The van der Waals surface area contributed by atoms with Gasteiger partial charge in [-0.1, -0.05) is 19.1 Å². The molecule has 0 aromatic heterocycles. The minimum atomic E-state index is -0.169.